The zero-order valence-corrected chi connectivity index (χ0v) is 8.17. The molecule has 3 nitrogen and oxygen atoms in total. The summed E-state index contributed by atoms with van der Waals surface area (Å²) in [5.41, 5.74) is 1.43. The molecule has 0 aliphatic heterocycles. The molecular weight excluding hydrogens is 178 g/mol. The van der Waals surface area contributed by atoms with Crippen molar-refractivity contribution >= 4 is 11.7 Å². The highest BCUT2D eigenvalue weighted by molar-refractivity contribution is 6.04. The molecule has 0 atom stereocenters. The number of rotatable bonds is 3. The van der Waals surface area contributed by atoms with Crippen molar-refractivity contribution in [2.24, 2.45) is 0 Å². The van der Waals surface area contributed by atoms with Gasteiger partial charge in [0.05, 0.1) is 0 Å². The molecule has 0 saturated heterocycles. The Morgan fingerprint density at radius 2 is 1.93 bits per heavy atom. The van der Waals surface area contributed by atoms with Crippen molar-refractivity contribution in [2.75, 3.05) is 7.05 Å². The highest BCUT2D eigenvalue weighted by Crippen LogP contribution is 2.19. The Bertz CT molecular complexity index is 337. The molecular formula is C11H13NO2. The number of ketones is 1. The van der Waals surface area contributed by atoms with Crippen LogP contribution in [-0.4, -0.2) is 18.7 Å². The first kappa shape index (κ1) is 10.4. The van der Waals surface area contributed by atoms with Gasteiger partial charge in [-0.3, -0.25) is 9.59 Å². The van der Waals surface area contributed by atoms with E-state index in [1.54, 1.807) is 19.2 Å². The van der Waals surface area contributed by atoms with Crippen molar-refractivity contribution < 1.29 is 9.59 Å². The van der Waals surface area contributed by atoms with Gasteiger partial charge in [-0.1, -0.05) is 18.7 Å². The van der Waals surface area contributed by atoms with E-state index in [1.165, 1.54) is 6.08 Å². The molecule has 3 heteroatoms. The summed E-state index contributed by atoms with van der Waals surface area (Å²) in [6.45, 7) is 3.42. The number of carbonyl (C=O) groups excluding carboxylic acids is 2. The molecule has 0 saturated carbocycles. The minimum atomic E-state index is -0.0775. The highest BCUT2D eigenvalue weighted by Gasteiger charge is 2.14. The van der Waals surface area contributed by atoms with Crippen LogP contribution < -0.4 is 5.32 Å². The van der Waals surface area contributed by atoms with Gasteiger partial charge in [0, 0.05) is 12.6 Å². The third kappa shape index (κ3) is 2.19. The molecule has 14 heavy (non-hydrogen) atoms. The van der Waals surface area contributed by atoms with Crippen molar-refractivity contribution in [1.29, 1.82) is 0 Å². The molecule has 0 aromatic carbocycles. The molecule has 0 heterocycles. The van der Waals surface area contributed by atoms with Gasteiger partial charge in [-0.25, -0.2) is 0 Å². The number of nitrogens with one attached hydrogen (secondary N) is 1. The quantitative estimate of drug-likeness (QED) is 0.680. The molecule has 0 aromatic rings. The van der Waals surface area contributed by atoms with Gasteiger partial charge in [-0.2, -0.15) is 0 Å². The number of carbonyl (C=O) groups is 2. The predicted octanol–water partition coefficient (Wildman–Crippen LogP) is 1.13. The van der Waals surface area contributed by atoms with Crippen molar-refractivity contribution in [3.63, 3.8) is 0 Å². The molecule has 1 N–H and O–H groups in total. The number of hydrogen-bond acceptors (Lipinski definition) is 2. The van der Waals surface area contributed by atoms with Crippen LogP contribution in [0.15, 0.2) is 36.0 Å². The van der Waals surface area contributed by atoms with E-state index in [2.05, 4.69) is 11.9 Å². The largest absolute Gasteiger partial charge is 0.355 e. The van der Waals surface area contributed by atoms with Gasteiger partial charge in [0.2, 0.25) is 5.91 Å². The lowest BCUT2D eigenvalue weighted by Crippen LogP contribution is -2.21. The van der Waals surface area contributed by atoms with E-state index in [0.717, 1.165) is 0 Å². The highest BCUT2D eigenvalue weighted by atomic mass is 16.1. The summed E-state index contributed by atoms with van der Waals surface area (Å²) in [5.74, 6) is -0.136. The summed E-state index contributed by atoms with van der Waals surface area (Å²) in [5, 5.41) is 2.55. The summed E-state index contributed by atoms with van der Waals surface area (Å²) in [6, 6.07) is 0. The van der Waals surface area contributed by atoms with Gasteiger partial charge in [-0.15, -0.1) is 0 Å². The van der Waals surface area contributed by atoms with Crippen LogP contribution in [-0.2, 0) is 9.59 Å². The Balaban J connectivity index is 2.78. The topological polar surface area (TPSA) is 46.2 Å². The lowest BCUT2D eigenvalue weighted by atomic mass is 9.95. The standard InChI is InChI=1S/C11H13NO2/c1-3-10(13)8-4-6-9(7-5-8)11(14)12-2/h3-4,6H,1,5,7H2,2H3,(H,12,14). The van der Waals surface area contributed by atoms with E-state index in [-0.39, 0.29) is 11.7 Å². The Hall–Kier alpha value is -1.64. The minimum Gasteiger partial charge on any atom is -0.355 e. The van der Waals surface area contributed by atoms with E-state index in [0.29, 0.717) is 24.0 Å². The average Bonchev–Trinajstić information content (AvgIpc) is 2.27. The zero-order chi connectivity index (χ0) is 10.6. The molecule has 0 spiro atoms. The second kappa shape index (κ2) is 4.56. The van der Waals surface area contributed by atoms with Crippen LogP contribution in [0.1, 0.15) is 12.8 Å². The van der Waals surface area contributed by atoms with Gasteiger partial charge >= 0.3 is 0 Å². The molecule has 1 aliphatic rings. The van der Waals surface area contributed by atoms with Crippen molar-refractivity contribution in [1.82, 2.24) is 5.32 Å². The first-order valence-corrected chi connectivity index (χ1v) is 4.47. The second-order valence-corrected chi connectivity index (χ2v) is 3.03. The van der Waals surface area contributed by atoms with Gasteiger partial charge in [0.15, 0.2) is 5.78 Å². The Kier molecular flexibility index (Phi) is 3.40. The maximum Gasteiger partial charge on any atom is 0.246 e. The van der Waals surface area contributed by atoms with Crippen LogP contribution in [0.3, 0.4) is 0 Å². The van der Waals surface area contributed by atoms with E-state index in [9.17, 15) is 9.59 Å². The number of allylic oxidation sites excluding steroid dienone is 4. The van der Waals surface area contributed by atoms with Gasteiger partial charge in [-0.05, 0) is 24.5 Å². The van der Waals surface area contributed by atoms with Gasteiger partial charge in [0.1, 0.15) is 0 Å². The fourth-order valence-corrected chi connectivity index (χ4v) is 1.32. The summed E-state index contributed by atoms with van der Waals surface area (Å²) in [7, 11) is 1.59. The monoisotopic (exact) mass is 191 g/mol. The summed E-state index contributed by atoms with van der Waals surface area (Å²) >= 11 is 0. The molecule has 1 amide bonds. The fraction of sp³-hybridized carbons (Fsp3) is 0.273. The maximum absolute atomic E-state index is 11.2. The number of likely N-dealkylation sites (N-methyl/N-ethyl adjacent to an activating group) is 1. The Morgan fingerprint density at radius 1 is 1.36 bits per heavy atom. The van der Waals surface area contributed by atoms with Crippen molar-refractivity contribution in [3.8, 4) is 0 Å². The van der Waals surface area contributed by atoms with Crippen LogP contribution in [0.2, 0.25) is 0 Å². The van der Waals surface area contributed by atoms with E-state index in [1.807, 2.05) is 0 Å². The van der Waals surface area contributed by atoms with E-state index >= 15 is 0 Å². The summed E-state index contributed by atoms with van der Waals surface area (Å²) in [6.07, 6.45) is 5.91. The third-order valence-electron chi connectivity index (χ3n) is 2.17. The van der Waals surface area contributed by atoms with Crippen LogP contribution in [0.25, 0.3) is 0 Å². The molecule has 0 radical (unpaired) electrons. The van der Waals surface area contributed by atoms with E-state index < -0.39 is 0 Å². The summed E-state index contributed by atoms with van der Waals surface area (Å²) in [4.78, 5) is 22.4. The SMILES string of the molecule is C=CC(=O)C1=CC=C(C(=O)NC)CC1. The molecule has 1 rings (SSSR count). The van der Waals surface area contributed by atoms with Crippen LogP contribution in [0.4, 0.5) is 0 Å². The number of amides is 1. The first-order valence-electron chi connectivity index (χ1n) is 4.47. The molecule has 0 aromatic heterocycles. The lowest BCUT2D eigenvalue weighted by Gasteiger charge is -2.11. The molecule has 1 aliphatic carbocycles. The third-order valence-corrected chi connectivity index (χ3v) is 2.17. The molecule has 0 bridgehead atoms. The van der Waals surface area contributed by atoms with Crippen molar-refractivity contribution in [2.45, 2.75) is 12.8 Å². The minimum absolute atomic E-state index is 0.0581. The van der Waals surface area contributed by atoms with Crippen molar-refractivity contribution in [3.05, 3.63) is 36.0 Å². The van der Waals surface area contributed by atoms with Crippen LogP contribution in [0.5, 0.6) is 0 Å². The lowest BCUT2D eigenvalue weighted by molar-refractivity contribution is -0.117. The predicted molar refractivity (Wildman–Crippen MR) is 54.7 cm³/mol. The Labute approximate surface area is 83.2 Å². The van der Waals surface area contributed by atoms with Gasteiger partial charge in [0.25, 0.3) is 0 Å². The first-order chi connectivity index (χ1) is 6.69. The second-order valence-electron chi connectivity index (χ2n) is 3.03. The smallest absolute Gasteiger partial charge is 0.246 e. The van der Waals surface area contributed by atoms with Gasteiger partial charge < -0.3 is 5.32 Å². The molecule has 0 fully saturated rings. The van der Waals surface area contributed by atoms with Crippen LogP contribution >= 0.6 is 0 Å². The fourth-order valence-electron chi connectivity index (χ4n) is 1.32. The van der Waals surface area contributed by atoms with E-state index in [4.69, 9.17) is 0 Å². The normalized spacial score (nSPS) is 15.2. The Morgan fingerprint density at radius 3 is 2.36 bits per heavy atom. The molecule has 74 valence electrons. The zero-order valence-electron chi connectivity index (χ0n) is 8.17. The maximum atomic E-state index is 11.2. The summed E-state index contributed by atoms with van der Waals surface area (Å²) < 4.78 is 0. The van der Waals surface area contributed by atoms with Crippen LogP contribution in [0, 0.1) is 0 Å². The average molecular weight is 191 g/mol. The molecule has 0 unspecified atom stereocenters. The number of hydrogen-bond donors (Lipinski definition) is 1.